The lowest BCUT2D eigenvalue weighted by Gasteiger charge is -2.38. The lowest BCUT2D eigenvalue weighted by molar-refractivity contribution is -0.125. The molecule has 2 aliphatic rings. The van der Waals surface area contributed by atoms with Crippen LogP contribution < -0.4 is 10.6 Å². The molecule has 1 unspecified atom stereocenters. The van der Waals surface area contributed by atoms with Gasteiger partial charge in [-0.15, -0.1) is 0 Å². The molecular weight excluding hydrogens is 426 g/mol. The molecule has 2 aromatic heterocycles. The van der Waals surface area contributed by atoms with E-state index in [2.05, 4.69) is 34.2 Å². The Morgan fingerprint density at radius 2 is 2.19 bits per heavy atom. The molecule has 2 N–H and O–H groups in total. The second-order valence-corrected chi connectivity index (χ2v) is 8.47. The molecule has 0 aliphatic carbocycles. The topological polar surface area (TPSA) is 103 Å². The minimum atomic E-state index is -0.636. The Balaban J connectivity index is 1.19. The van der Waals surface area contributed by atoms with Gasteiger partial charge in [0.2, 0.25) is 5.91 Å². The lowest BCUT2D eigenvalue weighted by atomic mass is 9.90. The molecule has 4 heterocycles. The second kappa shape index (κ2) is 8.64. The lowest BCUT2D eigenvalue weighted by Crippen LogP contribution is -2.51. The third-order valence-electron chi connectivity index (χ3n) is 6.04. The maximum absolute atomic E-state index is 12.7. The Morgan fingerprint density at radius 1 is 1.25 bits per heavy atom. The summed E-state index contributed by atoms with van der Waals surface area (Å²) >= 11 is 1.10. The molecule has 0 radical (unpaired) electrons. The summed E-state index contributed by atoms with van der Waals surface area (Å²) in [6.07, 6.45) is 8.23. The van der Waals surface area contributed by atoms with Crippen LogP contribution in [0.2, 0.25) is 0 Å². The molecule has 164 valence electrons. The highest BCUT2D eigenvalue weighted by Gasteiger charge is 2.47. The van der Waals surface area contributed by atoms with Gasteiger partial charge in [0, 0.05) is 38.6 Å². The summed E-state index contributed by atoms with van der Waals surface area (Å²) in [4.78, 5) is 33.7. The maximum atomic E-state index is 12.7. The van der Waals surface area contributed by atoms with E-state index in [-0.39, 0.29) is 11.8 Å². The normalized spacial score (nSPS) is 20.8. The molecule has 0 bridgehead atoms. The van der Waals surface area contributed by atoms with Crippen molar-refractivity contribution >= 4 is 34.6 Å². The standard InChI is InChI=1S/C22H23N7O2S/c30-20(17-4-1-5-18-19(17)27-32-26-18)24-9-12-28-10-6-22(7-11-28)21(31)25-15-29(22)14-16-3-2-8-23-13-16/h1-6,8,10,13H,7,9,11-12,14-15H2,(H,24,30)(H,25,31). The fourth-order valence-corrected chi connectivity index (χ4v) is 4.80. The van der Waals surface area contributed by atoms with E-state index in [0.29, 0.717) is 43.8 Å². The van der Waals surface area contributed by atoms with Crippen molar-refractivity contribution in [2.45, 2.75) is 18.5 Å². The van der Waals surface area contributed by atoms with Gasteiger partial charge in [-0.3, -0.25) is 19.5 Å². The van der Waals surface area contributed by atoms with E-state index in [0.717, 1.165) is 29.4 Å². The molecule has 3 aromatic rings. The van der Waals surface area contributed by atoms with Crippen molar-refractivity contribution in [2.75, 3.05) is 26.3 Å². The van der Waals surface area contributed by atoms with Crippen LogP contribution >= 0.6 is 11.7 Å². The van der Waals surface area contributed by atoms with Crippen LogP contribution in [0.1, 0.15) is 22.3 Å². The highest BCUT2D eigenvalue weighted by molar-refractivity contribution is 7.00. The minimum Gasteiger partial charge on any atom is -0.376 e. The van der Waals surface area contributed by atoms with Gasteiger partial charge < -0.3 is 15.5 Å². The van der Waals surface area contributed by atoms with Crippen molar-refractivity contribution in [3.8, 4) is 0 Å². The first-order valence-corrected chi connectivity index (χ1v) is 11.2. The highest BCUT2D eigenvalue weighted by Crippen LogP contribution is 2.31. The van der Waals surface area contributed by atoms with Crippen LogP contribution in [0.15, 0.2) is 55.0 Å². The molecule has 9 nitrogen and oxygen atoms in total. The number of nitrogens with zero attached hydrogens (tertiary/aromatic N) is 5. The van der Waals surface area contributed by atoms with Gasteiger partial charge in [-0.05, 0) is 42.5 Å². The molecule has 2 amide bonds. The zero-order chi connectivity index (χ0) is 22.0. The predicted octanol–water partition coefficient (Wildman–Crippen LogP) is 1.36. The summed E-state index contributed by atoms with van der Waals surface area (Å²) in [5.74, 6) is -0.117. The monoisotopic (exact) mass is 449 g/mol. The van der Waals surface area contributed by atoms with Crippen molar-refractivity contribution in [3.63, 3.8) is 0 Å². The number of hydrogen-bond donors (Lipinski definition) is 2. The van der Waals surface area contributed by atoms with Crippen molar-refractivity contribution < 1.29 is 9.59 Å². The minimum absolute atomic E-state index is 0.0376. The predicted molar refractivity (Wildman–Crippen MR) is 121 cm³/mol. The Morgan fingerprint density at radius 3 is 3.00 bits per heavy atom. The summed E-state index contributed by atoms with van der Waals surface area (Å²) < 4.78 is 8.41. The fraction of sp³-hybridized carbons (Fsp3) is 0.318. The molecule has 5 rings (SSSR count). The molecule has 32 heavy (non-hydrogen) atoms. The number of carbonyl (C=O) groups is 2. The summed E-state index contributed by atoms with van der Waals surface area (Å²) in [6.45, 7) is 3.06. The number of rotatable bonds is 6. The van der Waals surface area contributed by atoms with Gasteiger partial charge in [-0.2, -0.15) is 8.75 Å². The Labute approximate surface area is 189 Å². The zero-order valence-corrected chi connectivity index (χ0v) is 18.2. The molecule has 1 saturated heterocycles. The summed E-state index contributed by atoms with van der Waals surface area (Å²) in [5, 5.41) is 5.95. The van der Waals surface area contributed by atoms with Crippen molar-refractivity contribution in [1.29, 1.82) is 0 Å². The van der Waals surface area contributed by atoms with Gasteiger partial charge in [-0.25, -0.2) is 0 Å². The fourth-order valence-electron chi connectivity index (χ4n) is 4.25. The van der Waals surface area contributed by atoms with E-state index in [1.807, 2.05) is 42.7 Å². The third-order valence-corrected chi connectivity index (χ3v) is 6.58. The zero-order valence-electron chi connectivity index (χ0n) is 17.4. The molecule has 2 aliphatic heterocycles. The average molecular weight is 450 g/mol. The molecule has 1 aromatic carbocycles. The quantitative estimate of drug-likeness (QED) is 0.586. The van der Waals surface area contributed by atoms with Crippen LogP contribution in [0, 0.1) is 0 Å². The van der Waals surface area contributed by atoms with Gasteiger partial charge in [0.15, 0.2) is 0 Å². The van der Waals surface area contributed by atoms with Gasteiger partial charge in [0.05, 0.1) is 24.0 Å². The molecular formula is C22H23N7O2S. The Kier molecular flexibility index (Phi) is 5.54. The van der Waals surface area contributed by atoms with E-state index in [1.54, 1.807) is 12.3 Å². The van der Waals surface area contributed by atoms with Crippen LogP contribution in [-0.2, 0) is 11.3 Å². The maximum Gasteiger partial charge on any atom is 0.253 e. The number of carbonyl (C=O) groups excluding carboxylic acids is 2. The first-order valence-electron chi connectivity index (χ1n) is 10.5. The van der Waals surface area contributed by atoms with Crippen molar-refractivity contribution in [3.05, 3.63) is 66.1 Å². The Hall–Kier alpha value is -3.37. The average Bonchev–Trinajstić information content (AvgIpc) is 3.42. The molecule has 1 spiro atoms. The van der Waals surface area contributed by atoms with Crippen LogP contribution in [0.5, 0.6) is 0 Å². The van der Waals surface area contributed by atoms with Crippen molar-refractivity contribution in [2.24, 2.45) is 0 Å². The smallest absolute Gasteiger partial charge is 0.253 e. The van der Waals surface area contributed by atoms with E-state index < -0.39 is 5.54 Å². The number of benzene rings is 1. The first-order chi connectivity index (χ1) is 15.7. The number of amides is 2. The van der Waals surface area contributed by atoms with Crippen LogP contribution in [0.3, 0.4) is 0 Å². The number of aromatic nitrogens is 3. The van der Waals surface area contributed by atoms with Gasteiger partial charge in [0.1, 0.15) is 16.6 Å². The summed E-state index contributed by atoms with van der Waals surface area (Å²) in [7, 11) is 0. The first kappa shape index (κ1) is 20.5. The number of hydrogen-bond acceptors (Lipinski definition) is 8. The van der Waals surface area contributed by atoms with E-state index in [4.69, 9.17) is 0 Å². The highest BCUT2D eigenvalue weighted by atomic mass is 32.1. The van der Waals surface area contributed by atoms with Crippen LogP contribution in [0.25, 0.3) is 11.0 Å². The Bertz CT molecular complexity index is 1170. The van der Waals surface area contributed by atoms with Gasteiger partial charge >= 0.3 is 0 Å². The molecule has 0 saturated carbocycles. The van der Waals surface area contributed by atoms with E-state index >= 15 is 0 Å². The van der Waals surface area contributed by atoms with Crippen LogP contribution in [-0.4, -0.2) is 67.2 Å². The molecule has 10 heteroatoms. The van der Waals surface area contributed by atoms with Crippen LogP contribution in [0.4, 0.5) is 0 Å². The van der Waals surface area contributed by atoms with Gasteiger partial charge in [0.25, 0.3) is 5.91 Å². The van der Waals surface area contributed by atoms with Crippen molar-refractivity contribution in [1.82, 2.24) is 34.2 Å². The van der Waals surface area contributed by atoms with E-state index in [1.165, 1.54) is 0 Å². The van der Waals surface area contributed by atoms with E-state index in [9.17, 15) is 9.59 Å². The SMILES string of the molecule is O=C(NCCN1C=CC2(CC1)C(=O)NCN2Cc1cccnc1)c1cccc2nsnc12. The third kappa shape index (κ3) is 3.82. The second-order valence-electron chi connectivity index (χ2n) is 7.94. The summed E-state index contributed by atoms with van der Waals surface area (Å²) in [5.41, 5.74) is 2.35. The number of pyridine rings is 1. The summed E-state index contributed by atoms with van der Waals surface area (Å²) in [6, 6.07) is 9.36. The number of nitrogens with one attached hydrogen (secondary N) is 2. The van der Waals surface area contributed by atoms with Gasteiger partial charge in [-0.1, -0.05) is 12.1 Å². The number of fused-ring (bicyclic) bond motifs is 1. The largest absolute Gasteiger partial charge is 0.376 e. The molecule has 1 atom stereocenters. The molecule has 1 fully saturated rings.